The van der Waals surface area contributed by atoms with Crippen LogP contribution in [-0.4, -0.2) is 11.0 Å². The summed E-state index contributed by atoms with van der Waals surface area (Å²) in [7, 11) is 0. The summed E-state index contributed by atoms with van der Waals surface area (Å²) in [5, 5.41) is 11.2. The number of hydrogen-bond acceptors (Lipinski definition) is 4. The van der Waals surface area contributed by atoms with Crippen LogP contribution >= 0.6 is 0 Å². The van der Waals surface area contributed by atoms with Crippen molar-refractivity contribution in [1.82, 2.24) is 4.98 Å². The fourth-order valence-corrected chi connectivity index (χ4v) is 3.72. The molecule has 0 saturated heterocycles. The van der Waals surface area contributed by atoms with E-state index in [9.17, 15) is 23.1 Å². The second-order valence-corrected chi connectivity index (χ2v) is 7.14. The van der Waals surface area contributed by atoms with Crippen molar-refractivity contribution in [2.45, 2.75) is 25.9 Å². The fraction of sp³-hybridized carbons (Fsp3) is 0.167. The average molecular weight is 424 g/mol. The summed E-state index contributed by atoms with van der Waals surface area (Å²) in [4.78, 5) is 15.3. The van der Waals surface area contributed by atoms with Crippen LogP contribution in [-0.2, 0) is 6.61 Å². The maximum atomic E-state index is 14.1. The van der Waals surface area contributed by atoms with Gasteiger partial charge in [-0.25, -0.2) is 18.2 Å². The molecule has 7 heteroatoms. The molecule has 3 aromatic rings. The largest absolute Gasteiger partial charge is 0.543 e. The number of aromatic nitrogens is 1. The molecule has 4 rings (SSSR count). The Morgan fingerprint density at radius 2 is 1.68 bits per heavy atom. The molecule has 0 unspecified atom stereocenters. The van der Waals surface area contributed by atoms with Gasteiger partial charge in [-0.2, -0.15) is 0 Å². The van der Waals surface area contributed by atoms with Gasteiger partial charge in [0, 0.05) is 5.56 Å². The van der Waals surface area contributed by atoms with E-state index in [0.717, 1.165) is 29.7 Å². The van der Waals surface area contributed by atoms with Crippen molar-refractivity contribution in [2.24, 2.45) is 0 Å². The first-order chi connectivity index (χ1) is 14.9. The second-order valence-electron chi connectivity index (χ2n) is 7.14. The smallest absolute Gasteiger partial charge is 0.132 e. The van der Waals surface area contributed by atoms with Gasteiger partial charge in [0.05, 0.1) is 22.9 Å². The third-order valence-corrected chi connectivity index (χ3v) is 5.19. The first-order valence-electron chi connectivity index (χ1n) is 9.70. The number of carbonyl (C=O) groups excluding carboxylic acids is 1. The molecule has 0 radical (unpaired) electrons. The first kappa shape index (κ1) is 20.7. The highest BCUT2D eigenvalue weighted by atomic mass is 19.1. The maximum Gasteiger partial charge on any atom is 0.132 e. The molecule has 31 heavy (non-hydrogen) atoms. The SMILES string of the molecule is O=C([O-])c1cccc(C2=C(c3cc(F)ccc3OCc3c(F)cccc3F)CCC2)n1. The third kappa shape index (κ3) is 4.30. The summed E-state index contributed by atoms with van der Waals surface area (Å²) in [6.45, 7) is -0.363. The van der Waals surface area contributed by atoms with Crippen molar-refractivity contribution >= 4 is 17.1 Å². The van der Waals surface area contributed by atoms with Gasteiger partial charge in [0.1, 0.15) is 29.8 Å². The Morgan fingerprint density at radius 3 is 2.42 bits per heavy atom. The standard InChI is InChI=1S/C24H18F3NO3/c25-14-10-11-23(31-13-18-19(26)6-2-7-20(18)27)17(12-14)15-4-1-5-16(15)21-8-3-9-22(28-21)24(29)30/h2-3,6-12H,1,4-5,13H2,(H,29,30)/p-1. The van der Waals surface area contributed by atoms with Crippen LogP contribution < -0.4 is 9.84 Å². The van der Waals surface area contributed by atoms with Gasteiger partial charge in [-0.1, -0.05) is 12.1 Å². The Balaban J connectivity index is 1.73. The molecule has 0 saturated carbocycles. The van der Waals surface area contributed by atoms with Gasteiger partial charge in [-0.3, -0.25) is 0 Å². The molecule has 0 fully saturated rings. The molecule has 1 aliphatic rings. The Bertz CT molecular complexity index is 1170. The minimum Gasteiger partial charge on any atom is -0.543 e. The van der Waals surface area contributed by atoms with Crippen molar-refractivity contribution in [3.8, 4) is 5.75 Å². The molecule has 0 bridgehead atoms. The predicted octanol–water partition coefficient (Wildman–Crippen LogP) is 4.54. The number of allylic oxidation sites excluding steroid dienone is 2. The zero-order valence-electron chi connectivity index (χ0n) is 16.3. The summed E-state index contributed by atoms with van der Waals surface area (Å²) in [5.74, 6) is -3.06. The number of pyridine rings is 1. The van der Waals surface area contributed by atoms with Crippen LogP contribution in [0.15, 0.2) is 54.6 Å². The van der Waals surface area contributed by atoms with Gasteiger partial charge in [-0.15, -0.1) is 0 Å². The third-order valence-electron chi connectivity index (χ3n) is 5.19. The lowest BCUT2D eigenvalue weighted by Crippen LogP contribution is -2.23. The van der Waals surface area contributed by atoms with Crippen LogP contribution in [0.2, 0.25) is 0 Å². The van der Waals surface area contributed by atoms with E-state index in [0.29, 0.717) is 24.1 Å². The van der Waals surface area contributed by atoms with E-state index >= 15 is 0 Å². The summed E-state index contributed by atoms with van der Waals surface area (Å²) >= 11 is 0. The number of carbonyl (C=O) groups is 1. The van der Waals surface area contributed by atoms with Crippen LogP contribution in [0.3, 0.4) is 0 Å². The molecule has 0 N–H and O–H groups in total. The molecule has 0 spiro atoms. The van der Waals surface area contributed by atoms with E-state index < -0.39 is 23.4 Å². The van der Waals surface area contributed by atoms with Gasteiger partial charge in [0.25, 0.3) is 0 Å². The zero-order chi connectivity index (χ0) is 22.0. The van der Waals surface area contributed by atoms with Crippen LogP contribution in [0.25, 0.3) is 11.1 Å². The topological polar surface area (TPSA) is 62.2 Å². The molecule has 1 aromatic heterocycles. The van der Waals surface area contributed by atoms with Gasteiger partial charge < -0.3 is 14.6 Å². The second kappa shape index (κ2) is 8.63. The van der Waals surface area contributed by atoms with Crippen LogP contribution in [0.1, 0.15) is 46.6 Å². The predicted molar refractivity (Wildman–Crippen MR) is 106 cm³/mol. The van der Waals surface area contributed by atoms with Crippen LogP contribution in [0, 0.1) is 17.5 Å². The molecular weight excluding hydrogens is 407 g/mol. The van der Waals surface area contributed by atoms with Gasteiger partial charge in [0.15, 0.2) is 0 Å². The van der Waals surface area contributed by atoms with Gasteiger partial charge >= 0.3 is 0 Å². The number of carboxylic acid groups (broad SMARTS) is 1. The molecule has 0 aliphatic heterocycles. The zero-order valence-corrected chi connectivity index (χ0v) is 16.3. The van der Waals surface area contributed by atoms with Crippen molar-refractivity contribution < 1.29 is 27.8 Å². The first-order valence-corrected chi connectivity index (χ1v) is 9.70. The number of hydrogen-bond donors (Lipinski definition) is 0. The molecule has 0 amide bonds. The van der Waals surface area contributed by atoms with E-state index in [2.05, 4.69) is 4.98 Å². The molecular formula is C24H17F3NO3-. The summed E-state index contributed by atoms with van der Waals surface area (Å²) in [6.07, 6.45) is 1.98. The quantitative estimate of drug-likeness (QED) is 0.583. The number of halogens is 3. The van der Waals surface area contributed by atoms with Crippen molar-refractivity contribution in [2.75, 3.05) is 0 Å². The number of benzene rings is 2. The number of aromatic carboxylic acids is 1. The molecule has 0 atom stereocenters. The average Bonchev–Trinajstić information content (AvgIpc) is 3.24. The summed E-state index contributed by atoms with van der Waals surface area (Å²) < 4.78 is 47.7. The molecule has 1 heterocycles. The van der Waals surface area contributed by atoms with E-state index in [1.807, 2.05) is 0 Å². The van der Waals surface area contributed by atoms with Crippen molar-refractivity contribution in [3.63, 3.8) is 0 Å². The fourth-order valence-electron chi connectivity index (χ4n) is 3.72. The lowest BCUT2D eigenvalue weighted by molar-refractivity contribution is -0.255. The lowest BCUT2D eigenvalue weighted by Gasteiger charge is -2.15. The van der Waals surface area contributed by atoms with E-state index in [-0.39, 0.29) is 23.6 Å². The Labute approximate surface area is 176 Å². The highest BCUT2D eigenvalue weighted by Crippen LogP contribution is 2.42. The summed E-state index contributed by atoms with van der Waals surface area (Å²) in [6, 6.07) is 12.1. The number of rotatable bonds is 6. The number of nitrogens with zero attached hydrogens (tertiary/aromatic N) is 1. The van der Waals surface area contributed by atoms with E-state index in [1.165, 1.54) is 30.3 Å². The summed E-state index contributed by atoms with van der Waals surface area (Å²) in [5.41, 5.74) is 2.03. The van der Waals surface area contributed by atoms with Gasteiger partial charge in [0.2, 0.25) is 0 Å². The Morgan fingerprint density at radius 1 is 0.968 bits per heavy atom. The molecule has 2 aromatic carbocycles. The minimum absolute atomic E-state index is 0.193. The monoisotopic (exact) mass is 424 g/mol. The Hall–Kier alpha value is -3.61. The van der Waals surface area contributed by atoms with Crippen molar-refractivity contribution in [1.29, 1.82) is 0 Å². The van der Waals surface area contributed by atoms with Crippen LogP contribution in [0.4, 0.5) is 13.2 Å². The van der Waals surface area contributed by atoms with E-state index in [4.69, 9.17) is 4.74 Å². The minimum atomic E-state index is -1.39. The van der Waals surface area contributed by atoms with E-state index in [1.54, 1.807) is 12.1 Å². The molecule has 1 aliphatic carbocycles. The van der Waals surface area contributed by atoms with Gasteiger partial charge in [-0.05, 0) is 72.9 Å². The maximum absolute atomic E-state index is 14.1. The van der Waals surface area contributed by atoms with Crippen LogP contribution in [0.5, 0.6) is 5.75 Å². The number of carboxylic acids is 1. The normalized spacial score (nSPS) is 13.5. The number of ether oxygens (including phenoxy) is 1. The highest BCUT2D eigenvalue weighted by molar-refractivity contribution is 5.94. The van der Waals surface area contributed by atoms with Crippen molar-refractivity contribution in [3.05, 3.63) is 94.6 Å². The lowest BCUT2D eigenvalue weighted by atomic mass is 9.98. The molecule has 158 valence electrons. The molecule has 4 nitrogen and oxygen atoms in total. The highest BCUT2D eigenvalue weighted by Gasteiger charge is 2.22. The Kier molecular flexibility index (Phi) is 5.75.